The van der Waals surface area contributed by atoms with Crippen molar-refractivity contribution in [2.75, 3.05) is 26.7 Å². The van der Waals surface area contributed by atoms with E-state index in [2.05, 4.69) is 10.3 Å². The molecule has 0 bridgehead atoms. The average molecular weight is 393 g/mol. The molecular weight excluding hydrogens is 369 g/mol. The summed E-state index contributed by atoms with van der Waals surface area (Å²) in [6.45, 7) is 2.39. The van der Waals surface area contributed by atoms with Crippen LogP contribution in [0, 0.1) is 11.7 Å². The zero-order chi connectivity index (χ0) is 20.2. The predicted molar refractivity (Wildman–Crippen MR) is 110 cm³/mol. The summed E-state index contributed by atoms with van der Waals surface area (Å²) in [5, 5.41) is 3.20. The highest BCUT2D eigenvalue weighted by Crippen LogP contribution is 2.30. The van der Waals surface area contributed by atoms with Crippen LogP contribution in [-0.2, 0) is 0 Å². The minimum Gasteiger partial charge on any atom is -0.436 e. The third kappa shape index (κ3) is 4.07. The number of amides is 1. The van der Waals surface area contributed by atoms with E-state index >= 15 is 0 Å². The molecule has 0 aliphatic carbocycles. The van der Waals surface area contributed by atoms with Crippen molar-refractivity contribution < 1.29 is 13.6 Å². The van der Waals surface area contributed by atoms with E-state index in [1.165, 1.54) is 12.3 Å². The van der Waals surface area contributed by atoms with Crippen LogP contribution in [0.5, 0.6) is 0 Å². The van der Waals surface area contributed by atoms with Crippen molar-refractivity contribution >= 4 is 5.91 Å². The Kier molecular flexibility index (Phi) is 5.71. The predicted octanol–water partition coefficient (Wildman–Crippen LogP) is 4.22. The monoisotopic (exact) mass is 393 g/mol. The second-order valence-electron chi connectivity index (χ2n) is 7.37. The van der Waals surface area contributed by atoms with Gasteiger partial charge in [0.1, 0.15) is 5.82 Å². The Labute approximate surface area is 169 Å². The van der Waals surface area contributed by atoms with E-state index < -0.39 is 0 Å². The second kappa shape index (κ2) is 8.57. The molecule has 1 atom stereocenters. The smallest absolute Gasteiger partial charge is 0.254 e. The summed E-state index contributed by atoms with van der Waals surface area (Å²) in [6, 6.07) is 13.7. The fourth-order valence-corrected chi connectivity index (χ4v) is 3.92. The zero-order valence-electron chi connectivity index (χ0n) is 16.4. The fraction of sp³-hybridized carbons (Fsp3) is 0.304. The highest BCUT2D eigenvalue weighted by atomic mass is 19.1. The lowest BCUT2D eigenvalue weighted by Crippen LogP contribution is -2.42. The third-order valence-electron chi connectivity index (χ3n) is 5.33. The zero-order valence-corrected chi connectivity index (χ0v) is 16.4. The molecule has 0 radical (unpaired) electrons. The van der Waals surface area contributed by atoms with Gasteiger partial charge in [0.2, 0.25) is 5.89 Å². The van der Waals surface area contributed by atoms with Gasteiger partial charge in [0.25, 0.3) is 5.91 Å². The maximum absolute atomic E-state index is 14.1. The first-order chi connectivity index (χ1) is 14.2. The SMILES string of the molecule is CNCC1CCCN(C(=O)c2ccccc2-c2ncc(-c3ccccc3F)o2)C1. The molecule has 2 aromatic carbocycles. The van der Waals surface area contributed by atoms with Crippen LogP contribution in [-0.4, -0.2) is 42.5 Å². The Bertz CT molecular complexity index is 999. The molecule has 1 aliphatic heterocycles. The van der Waals surface area contributed by atoms with Gasteiger partial charge in [-0.05, 0) is 56.6 Å². The van der Waals surface area contributed by atoms with E-state index in [4.69, 9.17) is 4.42 Å². The van der Waals surface area contributed by atoms with E-state index in [9.17, 15) is 9.18 Å². The quantitative estimate of drug-likeness (QED) is 0.705. The van der Waals surface area contributed by atoms with Gasteiger partial charge in [-0.1, -0.05) is 24.3 Å². The molecule has 0 spiro atoms. The molecule has 1 aromatic heterocycles. The first kappa shape index (κ1) is 19.3. The Balaban J connectivity index is 1.62. The molecule has 1 fully saturated rings. The molecule has 5 nitrogen and oxygen atoms in total. The van der Waals surface area contributed by atoms with Crippen molar-refractivity contribution in [3.63, 3.8) is 0 Å². The van der Waals surface area contributed by atoms with Crippen LogP contribution in [0.15, 0.2) is 59.1 Å². The normalized spacial score (nSPS) is 16.8. The van der Waals surface area contributed by atoms with Crippen LogP contribution in [0.25, 0.3) is 22.8 Å². The number of carbonyl (C=O) groups excluding carboxylic acids is 1. The van der Waals surface area contributed by atoms with Gasteiger partial charge < -0.3 is 14.6 Å². The van der Waals surface area contributed by atoms with Gasteiger partial charge in [-0.3, -0.25) is 4.79 Å². The van der Waals surface area contributed by atoms with Gasteiger partial charge in [-0.2, -0.15) is 0 Å². The summed E-state index contributed by atoms with van der Waals surface area (Å²) in [7, 11) is 1.94. The van der Waals surface area contributed by atoms with Crippen molar-refractivity contribution in [2.45, 2.75) is 12.8 Å². The number of benzene rings is 2. The van der Waals surface area contributed by atoms with Crippen molar-refractivity contribution in [3.05, 3.63) is 66.1 Å². The number of likely N-dealkylation sites (tertiary alicyclic amines) is 1. The number of carbonyl (C=O) groups is 1. The summed E-state index contributed by atoms with van der Waals surface area (Å²) in [4.78, 5) is 19.5. The van der Waals surface area contributed by atoms with Crippen molar-refractivity contribution in [1.29, 1.82) is 0 Å². The second-order valence-corrected chi connectivity index (χ2v) is 7.37. The third-order valence-corrected chi connectivity index (χ3v) is 5.33. The molecule has 6 heteroatoms. The van der Waals surface area contributed by atoms with Crippen molar-refractivity contribution in [1.82, 2.24) is 15.2 Å². The number of aromatic nitrogens is 1. The average Bonchev–Trinajstić information content (AvgIpc) is 3.24. The van der Waals surface area contributed by atoms with Gasteiger partial charge in [0.05, 0.1) is 17.3 Å². The van der Waals surface area contributed by atoms with E-state index in [1.54, 1.807) is 24.3 Å². The number of rotatable bonds is 5. The number of hydrogen-bond acceptors (Lipinski definition) is 4. The summed E-state index contributed by atoms with van der Waals surface area (Å²) < 4.78 is 19.9. The highest BCUT2D eigenvalue weighted by Gasteiger charge is 2.26. The molecule has 1 N–H and O–H groups in total. The lowest BCUT2D eigenvalue weighted by molar-refractivity contribution is 0.0675. The highest BCUT2D eigenvalue weighted by molar-refractivity contribution is 6.00. The van der Waals surface area contributed by atoms with Gasteiger partial charge >= 0.3 is 0 Å². The Hall–Kier alpha value is -2.99. The standard InChI is InChI=1S/C23H24FN3O2/c1-25-13-16-7-6-12-27(15-16)23(28)18-9-3-2-8-17(18)22-26-14-21(29-22)19-10-4-5-11-20(19)24/h2-5,8-11,14,16,25H,6-7,12-13,15H2,1H3. The Morgan fingerprint density at radius 2 is 1.97 bits per heavy atom. The molecule has 1 amide bonds. The molecule has 29 heavy (non-hydrogen) atoms. The van der Waals surface area contributed by atoms with Crippen LogP contribution in [0.3, 0.4) is 0 Å². The van der Waals surface area contributed by atoms with E-state index in [1.807, 2.05) is 30.1 Å². The minimum atomic E-state index is -0.372. The van der Waals surface area contributed by atoms with E-state index in [0.717, 1.165) is 32.5 Å². The molecular formula is C23H24FN3O2. The lowest BCUT2D eigenvalue weighted by atomic mass is 9.96. The van der Waals surface area contributed by atoms with Crippen LogP contribution in [0.4, 0.5) is 4.39 Å². The summed E-state index contributed by atoms with van der Waals surface area (Å²) in [6.07, 6.45) is 3.62. The summed E-state index contributed by atoms with van der Waals surface area (Å²) >= 11 is 0. The number of hydrogen-bond donors (Lipinski definition) is 1. The molecule has 1 unspecified atom stereocenters. The first-order valence-electron chi connectivity index (χ1n) is 9.91. The first-order valence-corrected chi connectivity index (χ1v) is 9.91. The van der Waals surface area contributed by atoms with Crippen LogP contribution in [0.1, 0.15) is 23.2 Å². The largest absolute Gasteiger partial charge is 0.436 e. The number of nitrogens with one attached hydrogen (secondary N) is 1. The lowest BCUT2D eigenvalue weighted by Gasteiger charge is -2.33. The van der Waals surface area contributed by atoms with E-state index in [-0.39, 0.29) is 11.7 Å². The Morgan fingerprint density at radius 1 is 1.21 bits per heavy atom. The van der Waals surface area contributed by atoms with Crippen molar-refractivity contribution in [2.24, 2.45) is 5.92 Å². The van der Waals surface area contributed by atoms with Gasteiger partial charge in [0.15, 0.2) is 5.76 Å². The fourth-order valence-electron chi connectivity index (χ4n) is 3.92. The minimum absolute atomic E-state index is 0.0213. The number of oxazole rings is 1. The molecule has 0 saturated carbocycles. The van der Waals surface area contributed by atoms with Gasteiger partial charge in [-0.25, -0.2) is 9.37 Å². The van der Waals surface area contributed by atoms with E-state index in [0.29, 0.717) is 34.3 Å². The maximum Gasteiger partial charge on any atom is 0.254 e. The number of nitrogens with zero attached hydrogens (tertiary/aromatic N) is 2. The number of halogens is 1. The summed E-state index contributed by atoms with van der Waals surface area (Å²) in [5.74, 6) is 0.721. The van der Waals surface area contributed by atoms with Gasteiger partial charge in [-0.15, -0.1) is 0 Å². The Morgan fingerprint density at radius 3 is 2.76 bits per heavy atom. The molecule has 150 valence electrons. The summed E-state index contributed by atoms with van der Waals surface area (Å²) in [5.41, 5.74) is 1.52. The molecule has 1 saturated heterocycles. The topological polar surface area (TPSA) is 58.4 Å². The molecule has 2 heterocycles. The molecule has 1 aliphatic rings. The number of piperidine rings is 1. The molecule has 3 aromatic rings. The maximum atomic E-state index is 14.1. The van der Waals surface area contributed by atoms with Crippen molar-refractivity contribution in [3.8, 4) is 22.8 Å². The van der Waals surface area contributed by atoms with Gasteiger partial charge in [0, 0.05) is 18.7 Å². The van der Waals surface area contributed by atoms with Crippen LogP contribution < -0.4 is 5.32 Å². The molecule has 4 rings (SSSR count). The van der Waals surface area contributed by atoms with Crippen LogP contribution in [0.2, 0.25) is 0 Å². The van der Waals surface area contributed by atoms with Crippen LogP contribution >= 0.6 is 0 Å².